The summed E-state index contributed by atoms with van der Waals surface area (Å²) in [5, 5.41) is 3.45. The standard InChI is InChI=1S/C19H29N3O2/c1-3-20-19(22-10-8-15(13-22)14-23-2)21-12-16-9-11-24-18-7-5-4-6-17(16)18/h4-7,15-16H,3,8-14H2,1-2H3,(H,20,21). The molecule has 2 heterocycles. The van der Waals surface area contributed by atoms with Gasteiger partial charge in [-0.1, -0.05) is 18.2 Å². The maximum absolute atomic E-state index is 5.76. The molecule has 132 valence electrons. The quantitative estimate of drug-likeness (QED) is 0.665. The van der Waals surface area contributed by atoms with Gasteiger partial charge < -0.3 is 19.7 Å². The van der Waals surface area contributed by atoms with Gasteiger partial charge in [0.1, 0.15) is 5.75 Å². The van der Waals surface area contributed by atoms with Crippen molar-refractivity contribution in [2.24, 2.45) is 10.9 Å². The molecule has 2 unspecified atom stereocenters. The van der Waals surface area contributed by atoms with Crippen molar-refractivity contribution in [1.29, 1.82) is 0 Å². The Morgan fingerprint density at radius 1 is 1.38 bits per heavy atom. The summed E-state index contributed by atoms with van der Waals surface area (Å²) in [6, 6.07) is 8.36. The SMILES string of the molecule is CCNC(=NCC1CCOc2ccccc21)N1CCC(COC)C1. The summed E-state index contributed by atoms with van der Waals surface area (Å²) in [5.41, 5.74) is 1.29. The average molecular weight is 331 g/mol. The predicted molar refractivity (Wildman–Crippen MR) is 96.8 cm³/mol. The van der Waals surface area contributed by atoms with E-state index < -0.39 is 0 Å². The molecule has 2 aliphatic heterocycles. The van der Waals surface area contributed by atoms with E-state index in [0.717, 1.165) is 57.5 Å². The molecule has 2 aliphatic rings. The third kappa shape index (κ3) is 4.01. The number of likely N-dealkylation sites (tertiary alicyclic amines) is 1. The summed E-state index contributed by atoms with van der Waals surface area (Å²) in [6.07, 6.45) is 2.21. The molecular formula is C19H29N3O2. The normalized spacial score (nSPS) is 23.8. The van der Waals surface area contributed by atoms with E-state index in [1.54, 1.807) is 7.11 Å². The van der Waals surface area contributed by atoms with E-state index in [-0.39, 0.29) is 0 Å². The molecule has 1 saturated heterocycles. The van der Waals surface area contributed by atoms with Gasteiger partial charge in [0, 0.05) is 45.1 Å². The van der Waals surface area contributed by atoms with Crippen LogP contribution in [0, 0.1) is 5.92 Å². The lowest BCUT2D eigenvalue weighted by atomic mass is 9.93. The predicted octanol–water partition coefficient (Wildman–Crippen LogP) is 2.49. The highest BCUT2D eigenvalue weighted by atomic mass is 16.5. The van der Waals surface area contributed by atoms with Crippen molar-refractivity contribution < 1.29 is 9.47 Å². The largest absolute Gasteiger partial charge is 0.493 e. The van der Waals surface area contributed by atoms with Crippen LogP contribution in [0.1, 0.15) is 31.2 Å². The molecule has 1 aromatic rings. The molecule has 0 aromatic heterocycles. The first-order valence-electron chi connectivity index (χ1n) is 9.05. The number of rotatable bonds is 5. The second kappa shape index (κ2) is 8.38. The monoisotopic (exact) mass is 331 g/mol. The van der Waals surface area contributed by atoms with Gasteiger partial charge in [0.25, 0.3) is 0 Å². The highest BCUT2D eigenvalue weighted by molar-refractivity contribution is 5.80. The molecule has 1 aromatic carbocycles. The Kier molecular flexibility index (Phi) is 5.96. The lowest BCUT2D eigenvalue weighted by Gasteiger charge is -2.26. The Balaban J connectivity index is 1.67. The number of hydrogen-bond donors (Lipinski definition) is 1. The minimum absolute atomic E-state index is 0.445. The Labute approximate surface area is 145 Å². The summed E-state index contributed by atoms with van der Waals surface area (Å²) in [6.45, 7) is 7.55. The molecule has 3 rings (SSSR count). The zero-order chi connectivity index (χ0) is 16.8. The number of benzene rings is 1. The molecule has 0 saturated carbocycles. The van der Waals surface area contributed by atoms with Crippen LogP contribution in [0.5, 0.6) is 5.75 Å². The molecule has 0 spiro atoms. The maximum atomic E-state index is 5.76. The van der Waals surface area contributed by atoms with Crippen LogP contribution in [0.2, 0.25) is 0 Å². The van der Waals surface area contributed by atoms with Gasteiger partial charge in [0.05, 0.1) is 13.2 Å². The topological polar surface area (TPSA) is 46.1 Å². The molecule has 1 N–H and O–H groups in total. The van der Waals surface area contributed by atoms with Crippen LogP contribution in [-0.2, 0) is 4.74 Å². The van der Waals surface area contributed by atoms with Gasteiger partial charge in [-0.3, -0.25) is 4.99 Å². The number of fused-ring (bicyclic) bond motifs is 1. The van der Waals surface area contributed by atoms with E-state index in [1.165, 1.54) is 12.0 Å². The lowest BCUT2D eigenvalue weighted by Crippen LogP contribution is -2.40. The molecule has 2 atom stereocenters. The Bertz CT molecular complexity index is 561. The smallest absolute Gasteiger partial charge is 0.193 e. The number of methoxy groups -OCH3 is 1. The zero-order valence-corrected chi connectivity index (χ0v) is 14.8. The molecule has 1 fully saturated rings. The second-order valence-corrected chi connectivity index (χ2v) is 6.62. The van der Waals surface area contributed by atoms with E-state index in [1.807, 2.05) is 6.07 Å². The fourth-order valence-electron chi connectivity index (χ4n) is 3.62. The van der Waals surface area contributed by atoms with Crippen molar-refractivity contribution in [3.63, 3.8) is 0 Å². The molecule has 0 amide bonds. The molecule has 0 bridgehead atoms. The maximum Gasteiger partial charge on any atom is 0.193 e. The van der Waals surface area contributed by atoms with Gasteiger partial charge in [0.15, 0.2) is 5.96 Å². The first-order valence-corrected chi connectivity index (χ1v) is 9.05. The van der Waals surface area contributed by atoms with Crippen molar-refractivity contribution in [2.75, 3.05) is 46.5 Å². The minimum atomic E-state index is 0.445. The minimum Gasteiger partial charge on any atom is -0.493 e. The van der Waals surface area contributed by atoms with Gasteiger partial charge in [-0.2, -0.15) is 0 Å². The van der Waals surface area contributed by atoms with Gasteiger partial charge in [-0.25, -0.2) is 0 Å². The fourth-order valence-corrected chi connectivity index (χ4v) is 3.62. The van der Waals surface area contributed by atoms with Gasteiger partial charge in [-0.15, -0.1) is 0 Å². The molecule has 0 radical (unpaired) electrons. The lowest BCUT2D eigenvalue weighted by molar-refractivity contribution is 0.157. The van der Waals surface area contributed by atoms with Crippen molar-refractivity contribution in [3.8, 4) is 5.75 Å². The van der Waals surface area contributed by atoms with Crippen LogP contribution < -0.4 is 10.1 Å². The van der Waals surface area contributed by atoms with Gasteiger partial charge in [0.2, 0.25) is 0 Å². The first-order chi connectivity index (χ1) is 11.8. The molecule has 24 heavy (non-hydrogen) atoms. The van der Waals surface area contributed by atoms with Crippen LogP contribution in [0.3, 0.4) is 0 Å². The molecule has 5 nitrogen and oxygen atoms in total. The highest BCUT2D eigenvalue weighted by Crippen LogP contribution is 2.33. The Morgan fingerprint density at radius 3 is 3.08 bits per heavy atom. The zero-order valence-electron chi connectivity index (χ0n) is 14.8. The molecule has 0 aliphatic carbocycles. The fraction of sp³-hybridized carbons (Fsp3) is 0.632. The van der Waals surface area contributed by atoms with Gasteiger partial charge in [-0.05, 0) is 31.4 Å². The summed E-state index contributed by atoms with van der Waals surface area (Å²) in [7, 11) is 1.78. The van der Waals surface area contributed by atoms with Gasteiger partial charge >= 0.3 is 0 Å². The number of nitrogens with one attached hydrogen (secondary N) is 1. The summed E-state index contributed by atoms with van der Waals surface area (Å²) >= 11 is 0. The Hall–Kier alpha value is -1.75. The van der Waals surface area contributed by atoms with Crippen molar-refractivity contribution >= 4 is 5.96 Å². The molecule has 5 heteroatoms. The van der Waals surface area contributed by atoms with E-state index in [0.29, 0.717) is 11.8 Å². The number of hydrogen-bond acceptors (Lipinski definition) is 3. The van der Waals surface area contributed by atoms with Crippen molar-refractivity contribution in [2.45, 2.75) is 25.7 Å². The van der Waals surface area contributed by atoms with E-state index in [4.69, 9.17) is 14.5 Å². The number of para-hydroxylation sites is 1. The average Bonchev–Trinajstić information content (AvgIpc) is 3.07. The third-order valence-corrected chi connectivity index (χ3v) is 4.87. The van der Waals surface area contributed by atoms with E-state index in [9.17, 15) is 0 Å². The summed E-state index contributed by atoms with van der Waals surface area (Å²) < 4.78 is 11.1. The first kappa shape index (κ1) is 17.1. The van der Waals surface area contributed by atoms with Crippen LogP contribution >= 0.6 is 0 Å². The third-order valence-electron chi connectivity index (χ3n) is 4.87. The Morgan fingerprint density at radius 2 is 2.25 bits per heavy atom. The van der Waals surface area contributed by atoms with Crippen molar-refractivity contribution in [3.05, 3.63) is 29.8 Å². The molecular weight excluding hydrogens is 302 g/mol. The van der Waals surface area contributed by atoms with Crippen LogP contribution in [-0.4, -0.2) is 57.4 Å². The summed E-state index contributed by atoms with van der Waals surface area (Å²) in [5.74, 6) is 3.12. The van der Waals surface area contributed by atoms with Crippen LogP contribution in [0.4, 0.5) is 0 Å². The second-order valence-electron chi connectivity index (χ2n) is 6.62. The van der Waals surface area contributed by atoms with Crippen LogP contribution in [0.15, 0.2) is 29.3 Å². The van der Waals surface area contributed by atoms with Crippen LogP contribution in [0.25, 0.3) is 0 Å². The number of aliphatic imine (C=N–C) groups is 1. The summed E-state index contributed by atoms with van der Waals surface area (Å²) in [4.78, 5) is 7.32. The number of ether oxygens (including phenoxy) is 2. The van der Waals surface area contributed by atoms with Crippen molar-refractivity contribution in [1.82, 2.24) is 10.2 Å². The van der Waals surface area contributed by atoms with E-state index >= 15 is 0 Å². The highest BCUT2D eigenvalue weighted by Gasteiger charge is 2.26. The van der Waals surface area contributed by atoms with E-state index in [2.05, 4.69) is 35.3 Å². The number of nitrogens with zero attached hydrogens (tertiary/aromatic N) is 2. The number of guanidine groups is 1.